The van der Waals surface area contributed by atoms with Crippen LogP contribution < -0.4 is 15.4 Å². The molecule has 4 aromatic rings. The number of hydrogen-bond acceptors (Lipinski definition) is 5. The fraction of sp³-hybridized carbons (Fsp3) is 0.182. The average molecular weight is 418 g/mol. The van der Waals surface area contributed by atoms with Crippen LogP contribution in [0.3, 0.4) is 0 Å². The van der Waals surface area contributed by atoms with Gasteiger partial charge in [0.2, 0.25) is 5.91 Å². The molecule has 0 saturated carbocycles. The molecule has 3 heterocycles. The van der Waals surface area contributed by atoms with Gasteiger partial charge < -0.3 is 19.8 Å². The lowest BCUT2D eigenvalue weighted by Gasteiger charge is -2.07. The lowest BCUT2D eigenvalue weighted by atomic mass is 10.2. The summed E-state index contributed by atoms with van der Waals surface area (Å²) in [4.78, 5) is 28.9. The van der Waals surface area contributed by atoms with E-state index in [1.807, 2.05) is 41.9 Å². The highest BCUT2D eigenvalue weighted by Crippen LogP contribution is 2.12. The Morgan fingerprint density at radius 2 is 1.94 bits per heavy atom. The highest BCUT2D eigenvalue weighted by molar-refractivity contribution is 5.99. The van der Waals surface area contributed by atoms with Gasteiger partial charge in [-0.3, -0.25) is 14.3 Å². The number of imidazole rings is 1. The second kappa shape index (κ2) is 9.12. The summed E-state index contributed by atoms with van der Waals surface area (Å²) in [6, 6.07) is 12.5. The Labute approximate surface area is 178 Å². The molecule has 0 atom stereocenters. The zero-order valence-corrected chi connectivity index (χ0v) is 17.0. The van der Waals surface area contributed by atoms with E-state index in [9.17, 15) is 9.59 Å². The second-order valence-corrected chi connectivity index (χ2v) is 6.81. The van der Waals surface area contributed by atoms with Crippen LogP contribution in [0.5, 0.6) is 5.75 Å². The summed E-state index contributed by atoms with van der Waals surface area (Å²) in [6.45, 7) is 2.78. The zero-order chi connectivity index (χ0) is 21.6. The molecule has 158 valence electrons. The van der Waals surface area contributed by atoms with Crippen molar-refractivity contribution in [3.63, 3.8) is 0 Å². The van der Waals surface area contributed by atoms with E-state index >= 15 is 0 Å². The third-order valence-electron chi connectivity index (χ3n) is 4.49. The molecule has 0 saturated heterocycles. The number of benzene rings is 1. The van der Waals surface area contributed by atoms with Gasteiger partial charge in [0.15, 0.2) is 0 Å². The monoisotopic (exact) mass is 418 g/mol. The molecule has 31 heavy (non-hydrogen) atoms. The van der Waals surface area contributed by atoms with E-state index in [1.165, 1.54) is 0 Å². The minimum absolute atomic E-state index is 0.149. The van der Waals surface area contributed by atoms with Crippen LogP contribution in [0.1, 0.15) is 23.0 Å². The molecular weight excluding hydrogens is 396 g/mol. The number of amides is 2. The van der Waals surface area contributed by atoms with Crippen molar-refractivity contribution >= 4 is 23.1 Å². The van der Waals surface area contributed by atoms with Crippen LogP contribution in [0, 0.1) is 0 Å². The van der Waals surface area contributed by atoms with Gasteiger partial charge in [-0.05, 0) is 43.3 Å². The SMILES string of the molecule is CCOc1ccc(C(=O)NCC(=O)Nc2cnn(Cc3cn4ccccc4n3)c2)cc1. The molecule has 0 aliphatic heterocycles. The summed E-state index contributed by atoms with van der Waals surface area (Å²) in [5.74, 6) is 0.0183. The second-order valence-electron chi connectivity index (χ2n) is 6.81. The maximum atomic E-state index is 12.2. The summed E-state index contributed by atoms with van der Waals surface area (Å²) in [6.07, 6.45) is 7.14. The Morgan fingerprint density at radius 1 is 1.10 bits per heavy atom. The van der Waals surface area contributed by atoms with Crippen LogP contribution in [0.4, 0.5) is 5.69 Å². The number of aromatic nitrogens is 4. The maximum absolute atomic E-state index is 12.2. The number of carbonyl (C=O) groups is 2. The van der Waals surface area contributed by atoms with Crippen LogP contribution in [0.2, 0.25) is 0 Å². The average Bonchev–Trinajstić information content (AvgIpc) is 3.39. The molecular formula is C22H22N6O3. The lowest BCUT2D eigenvalue weighted by Crippen LogP contribution is -2.32. The van der Waals surface area contributed by atoms with E-state index in [2.05, 4.69) is 20.7 Å². The Balaban J connectivity index is 1.28. The standard InChI is InChI=1S/C22H22N6O3/c1-2-31-19-8-6-16(7-9-19)22(30)23-12-21(29)26-17-11-24-28(14-17)15-18-13-27-10-4-3-5-20(27)25-18/h3-11,13-14H,2,12,15H2,1H3,(H,23,30)(H,26,29). The summed E-state index contributed by atoms with van der Waals surface area (Å²) < 4.78 is 8.98. The summed E-state index contributed by atoms with van der Waals surface area (Å²) in [5.41, 5.74) is 2.72. The summed E-state index contributed by atoms with van der Waals surface area (Å²) >= 11 is 0. The molecule has 0 unspecified atom stereocenters. The fourth-order valence-corrected chi connectivity index (χ4v) is 3.08. The number of fused-ring (bicyclic) bond motifs is 1. The van der Waals surface area contributed by atoms with Crippen LogP contribution in [-0.2, 0) is 11.3 Å². The van der Waals surface area contributed by atoms with Gasteiger partial charge in [0.05, 0.1) is 37.3 Å². The van der Waals surface area contributed by atoms with Crippen molar-refractivity contribution in [2.24, 2.45) is 0 Å². The molecule has 0 radical (unpaired) electrons. The maximum Gasteiger partial charge on any atom is 0.251 e. The molecule has 3 aromatic heterocycles. The first-order chi connectivity index (χ1) is 15.1. The number of carbonyl (C=O) groups excluding carboxylic acids is 2. The molecule has 2 N–H and O–H groups in total. The van der Waals surface area contributed by atoms with Gasteiger partial charge in [0, 0.05) is 24.2 Å². The fourth-order valence-electron chi connectivity index (χ4n) is 3.08. The number of ether oxygens (including phenoxy) is 1. The summed E-state index contributed by atoms with van der Waals surface area (Å²) in [7, 11) is 0. The van der Waals surface area contributed by atoms with Gasteiger partial charge in [0.25, 0.3) is 5.91 Å². The van der Waals surface area contributed by atoms with Crippen molar-refractivity contribution in [2.75, 3.05) is 18.5 Å². The number of pyridine rings is 1. The Kier molecular flexibility index (Phi) is 5.93. The molecule has 1 aromatic carbocycles. The lowest BCUT2D eigenvalue weighted by molar-refractivity contribution is -0.115. The first-order valence-electron chi connectivity index (χ1n) is 9.86. The van der Waals surface area contributed by atoms with Gasteiger partial charge in [0.1, 0.15) is 11.4 Å². The van der Waals surface area contributed by atoms with Crippen LogP contribution >= 0.6 is 0 Å². The predicted molar refractivity (Wildman–Crippen MR) is 115 cm³/mol. The molecule has 0 spiro atoms. The number of anilines is 1. The highest BCUT2D eigenvalue weighted by atomic mass is 16.5. The van der Waals surface area contributed by atoms with Crippen molar-refractivity contribution in [2.45, 2.75) is 13.5 Å². The van der Waals surface area contributed by atoms with Crippen LogP contribution in [0.25, 0.3) is 5.65 Å². The van der Waals surface area contributed by atoms with Gasteiger partial charge >= 0.3 is 0 Å². The Hall–Kier alpha value is -4.14. The van der Waals surface area contributed by atoms with Crippen molar-refractivity contribution in [1.82, 2.24) is 24.5 Å². The molecule has 0 aliphatic carbocycles. The van der Waals surface area contributed by atoms with Crippen LogP contribution in [0.15, 0.2) is 67.3 Å². The summed E-state index contributed by atoms with van der Waals surface area (Å²) in [5, 5.41) is 9.58. The van der Waals surface area contributed by atoms with Crippen molar-refractivity contribution in [3.8, 4) is 5.75 Å². The normalized spacial score (nSPS) is 10.7. The number of nitrogens with one attached hydrogen (secondary N) is 2. The highest BCUT2D eigenvalue weighted by Gasteiger charge is 2.10. The van der Waals surface area contributed by atoms with E-state index < -0.39 is 0 Å². The molecule has 2 amide bonds. The Bertz CT molecular complexity index is 1160. The Morgan fingerprint density at radius 3 is 2.71 bits per heavy atom. The van der Waals surface area contributed by atoms with Crippen molar-refractivity contribution in [1.29, 1.82) is 0 Å². The number of rotatable bonds is 8. The largest absolute Gasteiger partial charge is 0.494 e. The van der Waals surface area contributed by atoms with Gasteiger partial charge in [-0.2, -0.15) is 5.10 Å². The third-order valence-corrected chi connectivity index (χ3v) is 4.49. The number of nitrogens with zero attached hydrogens (tertiary/aromatic N) is 4. The zero-order valence-electron chi connectivity index (χ0n) is 17.0. The number of hydrogen-bond donors (Lipinski definition) is 2. The quantitative estimate of drug-likeness (QED) is 0.457. The minimum Gasteiger partial charge on any atom is -0.494 e. The van der Waals surface area contributed by atoms with E-state index in [-0.39, 0.29) is 18.4 Å². The third kappa shape index (κ3) is 5.08. The van der Waals surface area contributed by atoms with E-state index in [0.717, 1.165) is 11.3 Å². The van der Waals surface area contributed by atoms with E-state index in [4.69, 9.17) is 4.74 Å². The van der Waals surface area contributed by atoms with E-state index in [1.54, 1.807) is 41.3 Å². The molecule has 9 nitrogen and oxygen atoms in total. The minimum atomic E-state index is -0.341. The van der Waals surface area contributed by atoms with Crippen molar-refractivity contribution < 1.29 is 14.3 Å². The molecule has 0 bridgehead atoms. The predicted octanol–water partition coefficient (Wildman–Crippen LogP) is 2.35. The van der Waals surface area contributed by atoms with E-state index in [0.29, 0.717) is 30.2 Å². The van der Waals surface area contributed by atoms with Crippen molar-refractivity contribution in [3.05, 3.63) is 78.5 Å². The van der Waals surface area contributed by atoms with Gasteiger partial charge in [-0.1, -0.05) is 6.07 Å². The first kappa shape index (κ1) is 20.1. The molecule has 9 heteroatoms. The van der Waals surface area contributed by atoms with Gasteiger partial charge in [-0.25, -0.2) is 4.98 Å². The van der Waals surface area contributed by atoms with Crippen LogP contribution in [-0.4, -0.2) is 44.1 Å². The van der Waals surface area contributed by atoms with Gasteiger partial charge in [-0.15, -0.1) is 0 Å². The smallest absolute Gasteiger partial charge is 0.251 e. The molecule has 0 fully saturated rings. The molecule has 4 rings (SSSR count). The molecule has 0 aliphatic rings. The first-order valence-corrected chi connectivity index (χ1v) is 9.86. The topological polar surface area (TPSA) is 103 Å².